The summed E-state index contributed by atoms with van der Waals surface area (Å²) in [5, 5.41) is 10.1. The summed E-state index contributed by atoms with van der Waals surface area (Å²) in [6, 6.07) is 12.4. The van der Waals surface area contributed by atoms with Crippen molar-refractivity contribution in [3.8, 4) is 0 Å². The Morgan fingerprint density at radius 3 is 2.44 bits per heavy atom. The highest BCUT2D eigenvalue weighted by Crippen LogP contribution is 2.28. The minimum absolute atomic E-state index is 0.00180. The molecule has 1 atom stereocenters. The van der Waals surface area contributed by atoms with Gasteiger partial charge in [0.15, 0.2) is 0 Å². The fourth-order valence-corrected chi connectivity index (χ4v) is 3.74. The molecule has 3 rings (SSSR count). The zero-order valence-electron chi connectivity index (χ0n) is 14.2. The number of halogens is 3. The van der Waals surface area contributed by atoms with Gasteiger partial charge in [-0.2, -0.15) is 0 Å². The fraction of sp³-hybridized carbons (Fsp3) is 0.263. The molecule has 142 valence electrons. The van der Waals surface area contributed by atoms with E-state index in [1.807, 2.05) is 30.3 Å². The van der Waals surface area contributed by atoms with Gasteiger partial charge in [0.2, 0.25) is 0 Å². The summed E-state index contributed by atoms with van der Waals surface area (Å²) >= 11 is 15.4. The molecule has 2 aromatic rings. The molecule has 27 heavy (non-hydrogen) atoms. The van der Waals surface area contributed by atoms with Gasteiger partial charge in [-0.15, -0.1) is 0 Å². The molecule has 0 bridgehead atoms. The van der Waals surface area contributed by atoms with Crippen molar-refractivity contribution in [1.82, 2.24) is 4.90 Å². The van der Waals surface area contributed by atoms with Crippen molar-refractivity contribution in [2.45, 2.75) is 13.0 Å². The molecule has 0 aliphatic carbocycles. The van der Waals surface area contributed by atoms with Crippen LogP contribution >= 0.6 is 39.1 Å². The molecule has 0 spiro atoms. The number of amides is 2. The van der Waals surface area contributed by atoms with Crippen molar-refractivity contribution in [3.05, 3.63) is 62.5 Å². The summed E-state index contributed by atoms with van der Waals surface area (Å²) < 4.78 is 0.908. The Morgan fingerprint density at radius 2 is 1.81 bits per heavy atom. The second-order valence-corrected chi connectivity index (χ2v) is 8.19. The van der Waals surface area contributed by atoms with E-state index < -0.39 is 5.97 Å². The maximum atomic E-state index is 13.0. The summed E-state index contributed by atoms with van der Waals surface area (Å²) in [5.74, 6) is -1.05. The third kappa shape index (κ3) is 4.94. The highest BCUT2D eigenvalue weighted by Gasteiger charge is 2.33. The lowest BCUT2D eigenvalue weighted by Crippen LogP contribution is -2.53. The number of anilines is 1. The highest BCUT2D eigenvalue weighted by molar-refractivity contribution is 9.10. The van der Waals surface area contributed by atoms with Crippen LogP contribution in [-0.2, 0) is 11.3 Å². The Labute approximate surface area is 175 Å². The molecule has 2 aromatic carbocycles. The van der Waals surface area contributed by atoms with Crippen molar-refractivity contribution < 1.29 is 14.7 Å². The normalized spacial score (nSPS) is 17.3. The van der Waals surface area contributed by atoms with E-state index in [9.17, 15) is 14.7 Å². The van der Waals surface area contributed by atoms with Crippen LogP contribution in [-0.4, -0.2) is 35.1 Å². The van der Waals surface area contributed by atoms with Gasteiger partial charge in [0.25, 0.3) is 0 Å². The molecule has 0 saturated carbocycles. The van der Waals surface area contributed by atoms with Crippen LogP contribution in [0, 0.1) is 5.92 Å². The minimum atomic E-state index is -0.875. The number of rotatable bonds is 5. The Balaban J connectivity index is 1.86. The second-order valence-electron chi connectivity index (χ2n) is 6.46. The van der Waals surface area contributed by atoms with E-state index in [0.29, 0.717) is 29.7 Å². The van der Waals surface area contributed by atoms with Crippen molar-refractivity contribution in [2.24, 2.45) is 5.92 Å². The Hall–Kier alpha value is -1.76. The van der Waals surface area contributed by atoms with Crippen LogP contribution in [0.25, 0.3) is 0 Å². The van der Waals surface area contributed by atoms with Crippen LogP contribution in [0.5, 0.6) is 0 Å². The maximum absolute atomic E-state index is 13.0. The van der Waals surface area contributed by atoms with Crippen molar-refractivity contribution >= 4 is 56.8 Å². The van der Waals surface area contributed by atoms with Gasteiger partial charge >= 0.3 is 12.0 Å². The number of carboxylic acids is 1. The number of carboxylic acid groups (broad SMARTS) is 1. The monoisotopic (exact) mass is 470 g/mol. The lowest BCUT2D eigenvalue weighted by atomic mass is 10.0. The number of urea groups is 1. The summed E-state index contributed by atoms with van der Waals surface area (Å²) in [5.41, 5.74) is 1.57. The standard InChI is InChI=1S/C19H17BrCl2N2O3/c20-14-2-4-15(5-3-14)24-11-13(8-18(25)26)10-23(19(24)27)9-12-1-6-16(21)17(22)7-12/h1-7,13H,8-11H2,(H,25,26). The van der Waals surface area contributed by atoms with Gasteiger partial charge in [-0.25, -0.2) is 4.79 Å². The SMILES string of the molecule is O=C(O)CC1CN(Cc2ccc(Cl)c(Cl)c2)C(=O)N(c2ccc(Br)cc2)C1. The lowest BCUT2D eigenvalue weighted by Gasteiger charge is -2.40. The first-order chi connectivity index (χ1) is 12.8. The van der Waals surface area contributed by atoms with Crippen LogP contribution in [0.2, 0.25) is 10.0 Å². The molecule has 5 nitrogen and oxygen atoms in total. The van der Waals surface area contributed by atoms with Gasteiger partial charge in [-0.05, 0) is 42.0 Å². The van der Waals surface area contributed by atoms with E-state index in [1.54, 1.807) is 21.9 Å². The van der Waals surface area contributed by atoms with Crippen LogP contribution in [0.3, 0.4) is 0 Å². The topological polar surface area (TPSA) is 60.9 Å². The van der Waals surface area contributed by atoms with E-state index in [2.05, 4.69) is 15.9 Å². The fourth-order valence-electron chi connectivity index (χ4n) is 3.16. The predicted octanol–water partition coefficient (Wildman–Crippen LogP) is 5.29. The molecule has 1 aliphatic rings. The lowest BCUT2D eigenvalue weighted by molar-refractivity contribution is -0.138. The van der Waals surface area contributed by atoms with E-state index >= 15 is 0 Å². The number of hydrogen-bond donors (Lipinski definition) is 1. The molecule has 8 heteroatoms. The summed E-state index contributed by atoms with van der Waals surface area (Å²) in [6.45, 7) is 1.07. The summed E-state index contributed by atoms with van der Waals surface area (Å²) in [7, 11) is 0. The predicted molar refractivity (Wildman–Crippen MR) is 109 cm³/mol. The van der Waals surface area contributed by atoms with Crippen LogP contribution in [0.15, 0.2) is 46.9 Å². The Morgan fingerprint density at radius 1 is 1.11 bits per heavy atom. The van der Waals surface area contributed by atoms with Gasteiger partial charge in [0.05, 0.1) is 16.5 Å². The molecule has 1 unspecified atom stereocenters. The molecule has 1 fully saturated rings. The molecule has 2 amide bonds. The maximum Gasteiger partial charge on any atom is 0.324 e. The molecular weight excluding hydrogens is 455 g/mol. The van der Waals surface area contributed by atoms with E-state index in [1.165, 1.54) is 0 Å². The number of hydrogen-bond acceptors (Lipinski definition) is 2. The van der Waals surface area contributed by atoms with Crippen LogP contribution < -0.4 is 4.90 Å². The van der Waals surface area contributed by atoms with Gasteiger partial charge in [-0.1, -0.05) is 45.2 Å². The minimum Gasteiger partial charge on any atom is -0.481 e. The Bertz CT molecular complexity index is 861. The third-order valence-electron chi connectivity index (χ3n) is 4.38. The van der Waals surface area contributed by atoms with Gasteiger partial charge in [0.1, 0.15) is 0 Å². The van der Waals surface area contributed by atoms with Crippen molar-refractivity contribution in [1.29, 1.82) is 0 Å². The molecule has 0 radical (unpaired) electrons. The smallest absolute Gasteiger partial charge is 0.324 e. The van der Waals surface area contributed by atoms with E-state index in [0.717, 1.165) is 15.7 Å². The number of nitrogens with zero attached hydrogens (tertiary/aromatic N) is 2. The molecule has 1 heterocycles. The van der Waals surface area contributed by atoms with E-state index in [-0.39, 0.29) is 18.4 Å². The van der Waals surface area contributed by atoms with Crippen molar-refractivity contribution in [2.75, 3.05) is 18.0 Å². The highest BCUT2D eigenvalue weighted by atomic mass is 79.9. The first-order valence-corrected chi connectivity index (χ1v) is 9.86. The first kappa shape index (κ1) is 20.0. The van der Waals surface area contributed by atoms with Gasteiger partial charge in [-0.3, -0.25) is 9.69 Å². The van der Waals surface area contributed by atoms with Gasteiger partial charge in [0, 0.05) is 35.7 Å². The third-order valence-corrected chi connectivity index (χ3v) is 5.65. The number of benzene rings is 2. The van der Waals surface area contributed by atoms with Crippen molar-refractivity contribution in [3.63, 3.8) is 0 Å². The largest absolute Gasteiger partial charge is 0.481 e. The average Bonchev–Trinajstić information content (AvgIpc) is 2.61. The van der Waals surface area contributed by atoms with E-state index in [4.69, 9.17) is 23.2 Å². The summed E-state index contributed by atoms with van der Waals surface area (Å²) in [6.07, 6.45) is -0.00180. The van der Waals surface area contributed by atoms with Gasteiger partial charge < -0.3 is 10.0 Å². The first-order valence-electron chi connectivity index (χ1n) is 8.31. The second kappa shape index (κ2) is 8.50. The number of carbonyl (C=O) groups is 2. The van der Waals surface area contributed by atoms with Crippen LogP contribution in [0.1, 0.15) is 12.0 Å². The Kier molecular flexibility index (Phi) is 6.29. The average molecular weight is 472 g/mol. The van der Waals surface area contributed by atoms with Crippen LogP contribution in [0.4, 0.5) is 10.5 Å². The molecule has 1 aliphatic heterocycles. The molecule has 1 saturated heterocycles. The molecule has 1 N–H and O–H groups in total. The summed E-state index contributed by atoms with van der Waals surface area (Å²) in [4.78, 5) is 27.5. The zero-order valence-corrected chi connectivity index (χ0v) is 17.3. The number of aliphatic carboxylic acids is 1. The number of carbonyl (C=O) groups excluding carboxylic acids is 1. The molecular formula is C19H17BrCl2N2O3. The zero-order chi connectivity index (χ0) is 19.6. The quantitative estimate of drug-likeness (QED) is 0.644. The molecule has 0 aromatic heterocycles.